The van der Waals surface area contributed by atoms with E-state index in [0.717, 1.165) is 6.42 Å². The third-order valence-electron chi connectivity index (χ3n) is 2.54. The van der Waals surface area contributed by atoms with E-state index in [1.54, 1.807) is 24.2 Å². The van der Waals surface area contributed by atoms with Crippen LogP contribution in [0.4, 0.5) is 4.39 Å². The van der Waals surface area contributed by atoms with Crippen molar-refractivity contribution < 1.29 is 13.9 Å². The smallest absolute Gasteiger partial charge is 0.176 e. The molecule has 1 heterocycles. The Morgan fingerprint density at radius 2 is 2.25 bits per heavy atom. The van der Waals surface area contributed by atoms with Crippen molar-refractivity contribution >= 4 is 15.9 Å². The monoisotopic (exact) mass is 343 g/mol. The van der Waals surface area contributed by atoms with Crippen LogP contribution in [-0.2, 0) is 17.9 Å². The van der Waals surface area contributed by atoms with Gasteiger partial charge in [-0.25, -0.2) is 9.37 Å². The first-order chi connectivity index (χ1) is 9.69. The van der Waals surface area contributed by atoms with Gasteiger partial charge in [-0.05, 0) is 34.1 Å². The zero-order valence-corrected chi connectivity index (χ0v) is 12.6. The highest BCUT2D eigenvalue weighted by atomic mass is 79.9. The Morgan fingerprint density at radius 3 is 3.00 bits per heavy atom. The second-order valence-electron chi connectivity index (χ2n) is 4.13. The first-order valence-electron chi connectivity index (χ1n) is 6.14. The van der Waals surface area contributed by atoms with Crippen molar-refractivity contribution in [2.75, 3.05) is 13.7 Å². The Bertz CT molecular complexity index is 562. The molecule has 0 radical (unpaired) electrons. The Balaban J connectivity index is 1.75. The highest BCUT2D eigenvalue weighted by molar-refractivity contribution is 9.10. The summed E-state index contributed by atoms with van der Waals surface area (Å²) in [6.45, 7) is 1.63. The fourth-order valence-electron chi connectivity index (χ4n) is 1.64. The third-order valence-corrected chi connectivity index (χ3v) is 3.16. The minimum atomic E-state index is -0.294. The van der Waals surface area contributed by atoms with Crippen molar-refractivity contribution in [1.29, 1.82) is 0 Å². The quantitative estimate of drug-likeness (QED) is 0.725. The number of aromatic nitrogens is 3. The van der Waals surface area contributed by atoms with E-state index in [-0.39, 0.29) is 5.82 Å². The van der Waals surface area contributed by atoms with Crippen LogP contribution in [0.1, 0.15) is 12.2 Å². The summed E-state index contributed by atoms with van der Waals surface area (Å²) in [5, 5.41) is 4.24. The molecular formula is C13H15BrFN3O2. The maximum Gasteiger partial charge on any atom is 0.176 e. The average Bonchev–Trinajstić information content (AvgIpc) is 2.85. The average molecular weight is 344 g/mol. The molecule has 0 spiro atoms. The minimum absolute atomic E-state index is 0.294. The molecule has 0 fully saturated rings. The topological polar surface area (TPSA) is 49.2 Å². The largest absolute Gasteiger partial charge is 0.492 e. The van der Waals surface area contributed by atoms with Gasteiger partial charge in [-0.2, -0.15) is 5.10 Å². The van der Waals surface area contributed by atoms with Crippen LogP contribution in [0.25, 0.3) is 0 Å². The molecule has 1 aromatic heterocycles. The lowest BCUT2D eigenvalue weighted by atomic mass is 10.3. The van der Waals surface area contributed by atoms with Gasteiger partial charge in [-0.1, -0.05) is 0 Å². The number of hydrogen-bond donors (Lipinski definition) is 0. The summed E-state index contributed by atoms with van der Waals surface area (Å²) in [5.74, 6) is 0.997. The van der Waals surface area contributed by atoms with E-state index in [1.807, 2.05) is 0 Å². The summed E-state index contributed by atoms with van der Waals surface area (Å²) in [5.41, 5.74) is 0. The predicted molar refractivity (Wildman–Crippen MR) is 74.9 cm³/mol. The van der Waals surface area contributed by atoms with Crippen LogP contribution in [0, 0.1) is 5.82 Å². The number of ether oxygens (including phenoxy) is 2. The summed E-state index contributed by atoms with van der Waals surface area (Å²) >= 11 is 3.26. The molecule has 0 saturated carbocycles. The molecule has 0 amide bonds. The molecule has 0 atom stereocenters. The number of halogens is 2. The lowest BCUT2D eigenvalue weighted by molar-refractivity contribution is 0.177. The van der Waals surface area contributed by atoms with Gasteiger partial charge in [0.05, 0.1) is 11.1 Å². The van der Waals surface area contributed by atoms with Crippen LogP contribution in [0.15, 0.2) is 29.0 Å². The second-order valence-corrected chi connectivity index (χ2v) is 4.99. The van der Waals surface area contributed by atoms with E-state index in [1.165, 1.54) is 12.1 Å². The normalized spacial score (nSPS) is 10.8. The summed E-state index contributed by atoms with van der Waals surface area (Å²) in [4.78, 5) is 4.10. The summed E-state index contributed by atoms with van der Waals surface area (Å²) in [7, 11) is 1.61. The highest BCUT2D eigenvalue weighted by Gasteiger charge is 2.03. The molecule has 20 heavy (non-hydrogen) atoms. The van der Waals surface area contributed by atoms with Gasteiger partial charge in [0.15, 0.2) is 5.82 Å². The maximum absolute atomic E-state index is 12.9. The van der Waals surface area contributed by atoms with Crippen molar-refractivity contribution in [2.24, 2.45) is 0 Å². The van der Waals surface area contributed by atoms with Crippen molar-refractivity contribution in [3.8, 4) is 5.75 Å². The summed E-state index contributed by atoms with van der Waals surface area (Å²) < 4.78 is 25.8. The van der Waals surface area contributed by atoms with Gasteiger partial charge >= 0.3 is 0 Å². The summed E-state index contributed by atoms with van der Waals surface area (Å²) in [6.07, 6.45) is 2.45. The SMILES string of the molecule is COCc1ncn(CCCOc2ccc(F)cc2Br)n1. The van der Waals surface area contributed by atoms with E-state index in [0.29, 0.717) is 35.8 Å². The van der Waals surface area contributed by atoms with Crippen LogP contribution >= 0.6 is 15.9 Å². The van der Waals surface area contributed by atoms with Crippen molar-refractivity contribution in [1.82, 2.24) is 14.8 Å². The molecule has 0 unspecified atom stereocenters. The van der Waals surface area contributed by atoms with Gasteiger partial charge in [0.2, 0.25) is 0 Å². The molecule has 0 aliphatic carbocycles. The molecule has 0 aliphatic heterocycles. The molecule has 0 N–H and O–H groups in total. The number of methoxy groups -OCH3 is 1. The fraction of sp³-hybridized carbons (Fsp3) is 0.385. The molecule has 5 nitrogen and oxygen atoms in total. The van der Waals surface area contributed by atoms with Gasteiger partial charge in [-0.15, -0.1) is 0 Å². The van der Waals surface area contributed by atoms with E-state index in [4.69, 9.17) is 9.47 Å². The molecule has 7 heteroatoms. The lowest BCUT2D eigenvalue weighted by Crippen LogP contribution is -2.06. The summed E-state index contributed by atoms with van der Waals surface area (Å²) in [6, 6.07) is 4.35. The Hall–Kier alpha value is -1.47. The van der Waals surface area contributed by atoms with Crippen LogP contribution < -0.4 is 4.74 Å². The fourth-order valence-corrected chi connectivity index (χ4v) is 2.10. The van der Waals surface area contributed by atoms with Gasteiger partial charge in [0.25, 0.3) is 0 Å². The van der Waals surface area contributed by atoms with Crippen molar-refractivity contribution in [3.63, 3.8) is 0 Å². The Kier molecular flexibility index (Phi) is 5.49. The van der Waals surface area contributed by atoms with Crippen LogP contribution in [-0.4, -0.2) is 28.5 Å². The molecule has 0 saturated heterocycles. The molecule has 1 aromatic carbocycles. The van der Waals surface area contributed by atoms with Gasteiger partial charge in [0.1, 0.15) is 24.5 Å². The van der Waals surface area contributed by atoms with E-state index in [2.05, 4.69) is 26.0 Å². The molecular weight excluding hydrogens is 329 g/mol. The van der Waals surface area contributed by atoms with Crippen LogP contribution in [0.2, 0.25) is 0 Å². The van der Waals surface area contributed by atoms with E-state index in [9.17, 15) is 4.39 Å². The van der Waals surface area contributed by atoms with E-state index >= 15 is 0 Å². The number of benzene rings is 1. The molecule has 0 bridgehead atoms. The number of rotatable bonds is 7. The first-order valence-corrected chi connectivity index (χ1v) is 6.93. The Labute approximate surface area is 124 Å². The lowest BCUT2D eigenvalue weighted by Gasteiger charge is -2.08. The standard InChI is InChI=1S/C13H15BrFN3O2/c1-19-8-13-16-9-18(17-13)5-2-6-20-12-4-3-10(15)7-11(12)14/h3-4,7,9H,2,5-6,8H2,1H3. The highest BCUT2D eigenvalue weighted by Crippen LogP contribution is 2.25. The van der Waals surface area contributed by atoms with Crippen molar-refractivity contribution in [3.05, 3.63) is 40.6 Å². The second kappa shape index (κ2) is 7.35. The van der Waals surface area contributed by atoms with E-state index < -0.39 is 0 Å². The maximum atomic E-state index is 12.9. The zero-order valence-electron chi connectivity index (χ0n) is 11.1. The van der Waals surface area contributed by atoms with Gasteiger partial charge < -0.3 is 9.47 Å². The van der Waals surface area contributed by atoms with Gasteiger partial charge in [-0.3, -0.25) is 4.68 Å². The van der Waals surface area contributed by atoms with Crippen LogP contribution in [0.5, 0.6) is 5.75 Å². The first kappa shape index (κ1) is 14.9. The predicted octanol–water partition coefficient (Wildman–Crippen LogP) is 2.80. The number of hydrogen-bond acceptors (Lipinski definition) is 4. The molecule has 2 rings (SSSR count). The number of aryl methyl sites for hydroxylation is 1. The Morgan fingerprint density at radius 1 is 1.40 bits per heavy atom. The van der Waals surface area contributed by atoms with Crippen LogP contribution in [0.3, 0.4) is 0 Å². The molecule has 108 valence electrons. The third kappa shape index (κ3) is 4.28. The molecule has 2 aromatic rings. The molecule has 0 aliphatic rings. The zero-order chi connectivity index (χ0) is 14.4. The minimum Gasteiger partial charge on any atom is -0.492 e. The van der Waals surface area contributed by atoms with Crippen molar-refractivity contribution in [2.45, 2.75) is 19.6 Å². The van der Waals surface area contributed by atoms with Gasteiger partial charge in [0, 0.05) is 20.1 Å². The number of nitrogens with zero attached hydrogens (tertiary/aromatic N) is 3.